The number of nitriles is 1. The summed E-state index contributed by atoms with van der Waals surface area (Å²) in [4.78, 5) is 10.4. The van der Waals surface area contributed by atoms with Gasteiger partial charge in [-0.1, -0.05) is 60.7 Å². The molecule has 0 aliphatic heterocycles. The molecular weight excluding hydrogens is 566 g/mol. The smallest absolute Gasteiger partial charge is 0.223 e. The minimum atomic E-state index is 0.581. The Morgan fingerprint density at radius 2 is 0.913 bits per heavy atom. The third kappa shape index (κ3) is 3.30. The summed E-state index contributed by atoms with van der Waals surface area (Å²) in [5, 5.41) is 12.4. The second kappa shape index (κ2) is 9.18. The molecule has 0 saturated heterocycles. The molecule has 0 aliphatic rings. The van der Waals surface area contributed by atoms with Crippen LogP contribution in [0.25, 0.3) is 77.8 Å². The Balaban J connectivity index is 1.35. The summed E-state index contributed by atoms with van der Waals surface area (Å²) in [5.74, 6) is 1.43. The van der Waals surface area contributed by atoms with Crippen LogP contribution in [-0.2, 0) is 0 Å². The van der Waals surface area contributed by atoms with Gasteiger partial charge in [0.25, 0.3) is 0 Å². The number of fused-ring (bicyclic) bond motifs is 12. The van der Waals surface area contributed by atoms with Gasteiger partial charge in [-0.2, -0.15) is 5.26 Å². The van der Waals surface area contributed by atoms with Crippen molar-refractivity contribution in [3.63, 3.8) is 0 Å². The van der Waals surface area contributed by atoms with Crippen LogP contribution in [-0.4, -0.2) is 27.9 Å². The first kappa shape index (κ1) is 24.8. The van der Waals surface area contributed by atoms with Crippen LogP contribution in [0.2, 0.25) is 0 Å². The summed E-state index contributed by atoms with van der Waals surface area (Å²) in [7, 11) is 0. The number of para-hydroxylation sites is 6. The summed E-state index contributed by atoms with van der Waals surface area (Å²) in [6, 6.07) is 50.2. The van der Waals surface area contributed by atoms with E-state index in [1.807, 2.05) is 54.6 Å². The molecule has 7 nitrogen and oxygen atoms in total. The molecule has 10 rings (SSSR count). The van der Waals surface area contributed by atoms with Gasteiger partial charge < -0.3 is 4.57 Å². The van der Waals surface area contributed by atoms with Gasteiger partial charge in [0, 0.05) is 16.5 Å². The number of hydrogen-bond acceptors (Lipinski definition) is 3. The summed E-state index contributed by atoms with van der Waals surface area (Å²) in [5.41, 5.74) is 10.4. The molecule has 0 radical (unpaired) electrons. The number of imidazole rings is 2. The number of aromatic nitrogens is 6. The Morgan fingerprint density at radius 3 is 1.48 bits per heavy atom. The molecule has 4 heterocycles. The van der Waals surface area contributed by atoms with Crippen molar-refractivity contribution in [2.45, 2.75) is 0 Å². The SMILES string of the molecule is N#Cc1ccc2c(c1)n1c3ccccc3nc1n(-c1ccc(-n3c4ccccc4c4ccccc43)cc1)c1nc3ccccc3n21. The van der Waals surface area contributed by atoms with Gasteiger partial charge in [0.2, 0.25) is 11.6 Å². The molecule has 7 heteroatoms. The third-order valence-electron chi connectivity index (χ3n) is 9.02. The van der Waals surface area contributed by atoms with E-state index in [-0.39, 0.29) is 0 Å². The maximum absolute atomic E-state index is 9.91. The normalized spacial score (nSPS) is 11.9. The van der Waals surface area contributed by atoms with Crippen LogP contribution in [0, 0.1) is 11.3 Å². The molecule has 0 atom stereocenters. The van der Waals surface area contributed by atoms with Gasteiger partial charge in [0.1, 0.15) is 0 Å². The number of nitrogens with zero attached hydrogens (tertiary/aromatic N) is 7. The van der Waals surface area contributed by atoms with Gasteiger partial charge in [-0.3, -0.25) is 8.80 Å². The second-order valence-electron chi connectivity index (χ2n) is 11.5. The monoisotopic (exact) mass is 589 g/mol. The summed E-state index contributed by atoms with van der Waals surface area (Å²) >= 11 is 0. The fraction of sp³-hybridized carbons (Fsp3) is 0. The molecule has 0 spiro atoms. The predicted molar refractivity (Wildman–Crippen MR) is 184 cm³/mol. The zero-order valence-corrected chi connectivity index (χ0v) is 24.4. The zero-order valence-electron chi connectivity index (χ0n) is 24.4. The highest BCUT2D eigenvalue weighted by Crippen LogP contribution is 2.33. The van der Waals surface area contributed by atoms with E-state index in [4.69, 9.17) is 9.97 Å². The highest BCUT2D eigenvalue weighted by molar-refractivity contribution is 6.09. The van der Waals surface area contributed by atoms with Crippen LogP contribution < -0.4 is 0 Å². The van der Waals surface area contributed by atoms with Gasteiger partial charge in [-0.05, 0) is 78.9 Å². The van der Waals surface area contributed by atoms with Gasteiger partial charge in [-0.15, -0.1) is 0 Å². The molecule has 0 bridgehead atoms. The van der Waals surface area contributed by atoms with E-state index >= 15 is 0 Å². The standard InChI is InChI=1S/C39H23N7/c40-24-25-17-22-36-37(23-25)46-35-16-8-4-12-31(35)42-39(46)44(38-41-30-11-3-7-15-34(30)45(36)38)27-20-18-26(19-21-27)43-32-13-5-1-9-28(32)29-10-2-6-14-33(29)43/h1-23H. The lowest BCUT2D eigenvalue weighted by molar-refractivity contribution is 1.02. The molecule has 0 fully saturated rings. The summed E-state index contributed by atoms with van der Waals surface area (Å²) < 4.78 is 8.77. The van der Waals surface area contributed by atoms with E-state index in [0.717, 1.165) is 50.3 Å². The average Bonchev–Trinajstić information content (AvgIpc) is 3.76. The van der Waals surface area contributed by atoms with E-state index in [1.54, 1.807) is 0 Å². The highest BCUT2D eigenvalue weighted by atomic mass is 15.3. The second-order valence-corrected chi connectivity index (χ2v) is 11.5. The summed E-state index contributed by atoms with van der Waals surface area (Å²) in [6.07, 6.45) is 0. The predicted octanol–water partition coefficient (Wildman–Crippen LogP) is 8.76. The van der Waals surface area contributed by atoms with Gasteiger partial charge >= 0.3 is 0 Å². The van der Waals surface area contributed by atoms with E-state index in [9.17, 15) is 5.26 Å². The maximum atomic E-state index is 9.91. The van der Waals surface area contributed by atoms with Crippen molar-refractivity contribution in [3.05, 3.63) is 145 Å². The first-order chi connectivity index (χ1) is 22.8. The van der Waals surface area contributed by atoms with E-state index in [1.165, 1.54) is 21.8 Å². The lowest BCUT2D eigenvalue weighted by Crippen LogP contribution is -2.02. The highest BCUT2D eigenvalue weighted by Gasteiger charge is 2.19. The van der Waals surface area contributed by atoms with E-state index < -0.39 is 0 Å². The van der Waals surface area contributed by atoms with E-state index in [0.29, 0.717) is 11.3 Å². The van der Waals surface area contributed by atoms with Crippen molar-refractivity contribution in [1.82, 2.24) is 27.9 Å². The minimum Gasteiger partial charge on any atom is -0.309 e. The summed E-state index contributed by atoms with van der Waals surface area (Å²) in [6.45, 7) is 0. The topological polar surface area (TPSA) is 68.2 Å². The number of hydrogen-bond donors (Lipinski definition) is 0. The lowest BCUT2D eigenvalue weighted by Gasteiger charge is -2.11. The molecule has 0 aliphatic carbocycles. The Labute approximate surface area is 261 Å². The van der Waals surface area contributed by atoms with E-state index in [2.05, 4.69) is 109 Å². The fourth-order valence-electron chi connectivity index (χ4n) is 7.03. The van der Waals surface area contributed by atoms with Crippen LogP contribution >= 0.6 is 0 Å². The van der Waals surface area contributed by atoms with Crippen molar-refractivity contribution in [3.8, 4) is 17.4 Å². The maximum Gasteiger partial charge on any atom is 0.223 e. The molecule has 10 aromatic rings. The Bertz CT molecular complexity index is 2870. The molecule has 0 N–H and O–H groups in total. The molecule has 214 valence electrons. The zero-order chi connectivity index (χ0) is 30.4. The van der Waals surface area contributed by atoms with Crippen molar-refractivity contribution in [1.29, 1.82) is 5.26 Å². The van der Waals surface area contributed by atoms with Crippen molar-refractivity contribution < 1.29 is 0 Å². The lowest BCUT2D eigenvalue weighted by atomic mass is 10.2. The number of benzene rings is 6. The Kier molecular flexibility index (Phi) is 4.94. The van der Waals surface area contributed by atoms with Crippen molar-refractivity contribution >= 4 is 66.5 Å². The van der Waals surface area contributed by atoms with Gasteiger partial charge in [-0.25, -0.2) is 14.5 Å². The Morgan fingerprint density at radius 1 is 0.435 bits per heavy atom. The largest absolute Gasteiger partial charge is 0.309 e. The molecular formula is C39H23N7. The first-order valence-corrected chi connectivity index (χ1v) is 15.2. The molecule has 6 aromatic carbocycles. The van der Waals surface area contributed by atoms with Crippen molar-refractivity contribution in [2.24, 2.45) is 0 Å². The quantitative estimate of drug-likeness (QED) is 0.202. The molecule has 0 amide bonds. The van der Waals surface area contributed by atoms with Crippen molar-refractivity contribution in [2.75, 3.05) is 0 Å². The van der Waals surface area contributed by atoms with Gasteiger partial charge in [0.05, 0.1) is 61.5 Å². The van der Waals surface area contributed by atoms with Crippen LogP contribution in [0.5, 0.6) is 0 Å². The van der Waals surface area contributed by atoms with Crippen LogP contribution in [0.15, 0.2) is 140 Å². The van der Waals surface area contributed by atoms with Crippen LogP contribution in [0.4, 0.5) is 0 Å². The Hall–Kier alpha value is -6.65. The molecule has 0 unspecified atom stereocenters. The number of rotatable bonds is 2. The third-order valence-corrected chi connectivity index (χ3v) is 9.02. The van der Waals surface area contributed by atoms with Crippen LogP contribution in [0.3, 0.4) is 0 Å². The minimum absolute atomic E-state index is 0.581. The molecule has 0 saturated carbocycles. The van der Waals surface area contributed by atoms with Gasteiger partial charge in [0.15, 0.2) is 0 Å². The molecule has 4 aromatic heterocycles. The first-order valence-electron chi connectivity index (χ1n) is 15.2. The average molecular weight is 590 g/mol. The fourth-order valence-corrected chi connectivity index (χ4v) is 7.03. The molecule has 46 heavy (non-hydrogen) atoms. The van der Waals surface area contributed by atoms with Crippen LogP contribution in [0.1, 0.15) is 5.56 Å².